The van der Waals surface area contributed by atoms with Gasteiger partial charge in [-0.15, -0.1) is 0 Å². The molecule has 2 nitrogen and oxygen atoms in total. The molecule has 0 atom stereocenters. The van der Waals surface area contributed by atoms with E-state index in [0.717, 1.165) is 36.3 Å². The fourth-order valence-corrected chi connectivity index (χ4v) is 4.01. The number of hydrogen-bond donors (Lipinski definition) is 0. The highest BCUT2D eigenvalue weighted by molar-refractivity contribution is 7.78. The first kappa shape index (κ1) is 20.1. The number of unbranched alkanes of at least 4 members (excludes halogenated alkanes) is 3. The lowest BCUT2D eigenvalue weighted by Gasteiger charge is -2.28. The fourth-order valence-electron chi connectivity index (χ4n) is 3.90. The van der Waals surface area contributed by atoms with Crippen molar-refractivity contribution >= 4 is 23.1 Å². The molecule has 138 valence electrons. The van der Waals surface area contributed by atoms with Gasteiger partial charge in [-0.05, 0) is 61.2 Å². The van der Waals surface area contributed by atoms with E-state index in [1.807, 2.05) is 24.3 Å². The third kappa shape index (κ3) is 8.16. The van der Waals surface area contributed by atoms with E-state index in [9.17, 15) is 0 Å². The number of nitrogens with zero attached hydrogens (tertiary/aromatic N) is 1. The Morgan fingerprint density at radius 1 is 0.960 bits per heavy atom. The van der Waals surface area contributed by atoms with Gasteiger partial charge in [0.1, 0.15) is 5.75 Å². The van der Waals surface area contributed by atoms with E-state index in [4.69, 9.17) is 4.74 Å². The van der Waals surface area contributed by atoms with Crippen LogP contribution in [-0.2, 0) is 0 Å². The lowest BCUT2D eigenvalue weighted by Crippen LogP contribution is -2.15. The van der Waals surface area contributed by atoms with Crippen molar-refractivity contribution in [2.75, 3.05) is 6.61 Å². The Balaban J connectivity index is 1.53. The van der Waals surface area contributed by atoms with Crippen LogP contribution in [0.2, 0.25) is 0 Å². The summed E-state index contributed by atoms with van der Waals surface area (Å²) in [6.45, 7) is 3.10. The Hall–Kier alpha value is -1.18. The van der Waals surface area contributed by atoms with Gasteiger partial charge in [-0.25, -0.2) is 0 Å². The van der Waals surface area contributed by atoms with Gasteiger partial charge < -0.3 is 4.74 Å². The molecule has 25 heavy (non-hydrogen) atoms. The second kappa shape index (κ2) is 12.2. The molecule has 0 saturated heterocycles. The first-order chi connectivity index (χ1) is 12.3. The number of thiocarbonyl (C=S) groups is 1. The van der Waals surface area contributed by atoms with Crippen molar-refractivity contribution in [2.45, 2.75) is 77.6 Å². The highest BCUT2D eigenvalue weighted by Gasteiger charge is 2.20. The second-order valence-electron chi connectivity index (χ2n) is 7.42. The molecule has 1 aromatic rings. The summed E-state index contributed by atoms with van der Waals surface area (Å²) < 4.78 is 5.84. The fraction of sp³-hybridized carbons (Fsp3) is 0.682. The summed E-state index contributed by atoms with van der Waals surface area (Å²) in [4.78, 5) is 3.95. The molecule has 2 rings (SSSR count). The van der Waals surface area contributed by atoms with Gasteiger partial charge in [-0.1, -0.05) is 64.7 Å². The van der Waals surface area contributed by atoms with E-state index < -0.39 is 0 Å². The molecule has 0 N–H and O–H groups in total. The molecule has 0 amide bonds. The van der Waals surface area contributed by atoms with Gasteiger partial charge in [-0.2, -0.15) is 4.99 Å². The smallest absolute Gasteiger partial charge is 0.119 e. The van der Waals surface area contributed by atoms with Gasteiger partial charge in [0.25, 0.3) is 0 Å². The van der Waals surface area contributed by atoms with Crippen molar-refractivity contribution in [3.63, 3.8) is 0 Å². The summed E-state index contributed by atoms with van der Waals surface area (Å²) >= 11 is 4.61. The van der Waals surface area contributed by atoms with E-state index in [-0.39, 0.29) is 0 Å². The largest absolute Gasteiger partial charge is 0.494 e. The molecule has 1 aromatic carbocycles. The van der Waals surface area contributed by atoms with Crippen LogP contribution in [0.25, 0.3) is 0 Å². The van der Waals surface area contributed by atoms with Crippen LogP contribution in [0.4, 0.5) is 5.69 Å². The van der Waals surface area contributed by atoms with Crippen molar-refractivity contribution < 1.29 is 4.74 Å². The molecule has 0 heterocycles. The van der Waals surface area contributed by atoms with E-state index in [1.165, 1.54) is 64.2 Å². The summed E-state index contributed by atoms with van der Waals surface area (Å²) in [5, 5.41) is 2.38. The molecule has 1 fully saturated rings. The first-order valence-corrected chi connectivity index (χ1v) is 10.5. The minimum Gasteiger partial charge on any atom is -0.494 e. The van der Waals surface area contributed by atoms with Gasteiger partial charge in [0.05, 0.1) is 17.5 Å². The van der Waals surface area contributed by atoms with Crippen LogP contribution < -0.4 is 4.74 Å². The Bertz CT molecular complexity index is 513. The molecule has 0 unspecified atom stereocenters. The minimum atomic E-state index is 0.812. The van der Waals surface area contributed by atoms with E-state index in [2.05, 4.69) is 29.3 Å². The Kier molecular flexibility index (Phi) is 9.84. The zero-order valence-electron chi connectivity index (χ0n) is 15.7. The molecule has 0 radical (unpaired) electrons. The summed E-state index contributed by atoms with van der Waals surface area (Å²) in [5.74, 6) is 2.85. The minimum absolute atomic E-state index is 0.812. The molecule has 1 aliphatic rings. The number of ether oxygens (including phenoxy) is 1. The average Bonchev–Trinajstić information content (AvgIpc) is 2.65. The molecule has 1 aliphatic carbocycles. The van der Waals surface area contributed by atoms with Crippen molar-refractivity contribution in [1.82, 2.24) is 0 Å². The van der Waals surface area contributed by atoms with Gasteiger partial charge in [0.2, 0.25) is 0 Å². The zero-order valence-corrected chi connectivity index (χ0v) is 16.5. The SMILES string of the molecule is CCCCCC[C@H]1CC[C@H](CCCOc2ccc(N=C=S)cc2)CC1. The van der Waals surface area contributed by atoms with Crippen molar-refractivity contribution in [1.29, 1.82) is 0 Å². The maximum Gasteiger partial charge on any atom is 0.119 e. The summed E-state index contributed by atoms with van der Waals surface area (Å²) in [6, 6.07) is 7.73. The summed E-state index contributed by atoms with van der Waals surface area (Å²) in [7, 11) is 0. The van der Waals surface area contributed by atoms with Crippen LogP contribution in [-0.4, -0.2) is 11.8 Å². The van der Waals surface area contributed by atoms with Crippen LogP contribution in [0.5, 0.6) is 5.75 Å². The third-order valence-electron chi connectivity index (χ3n) is 5.47. The maximum absolute atomic E-state index is 5.84. The van der Waals surface area contributed by atoms with Crippen LogP contribution in [0.3, 0.4) is 0 Å². The Morgan fingerprint density at radius 3 is 2.20 bits per heavy atom. The quantitative estimate of drug-likeness (QED) is 0.234. The molecular weight excluding hydrogens is 326 g/mol. The first-order valence-electron chi connectivity index (χ1n) is 10.1. The molecule has 0 aromatic heterocycles. The van der Waals surface area contributed by atoms with Gasteiger partial charge >= 0.3 is 0 Å². The predicted molar refractivity (Wildman–Crippen MR) is 110 cm³/mol. The summed E-state index contributed by atoms with van der Waals surface area (Å²) in [6.07, 6.45) is 15.4. The highest BCUT2D eigenvalue weighted by Crippen LogP contribution is 2.34. The van der Waals surface area contributed by atoms with E-state index in [1.54, 1.807) is 0 Å². The average molecular weight is 360 g/mol. The van der Waals surface area contributed by atoms with Crippen LogP contribution in [0, 0.1) is 11.8 Å². The lowest BCUT2D eigenvalue weighted by molar-refractivity contribution is 0.228. The number of benzene rings is 1. The van der Waals surface area contributed by atoms with Crippen LogP contribution >= 0.6 is 12.2 Å². The van der Waals surface area contributed by atoms with Crippen LogP contribution in [0.15, 0.2) is 29.3 Å². The normalized spacial score (nSPS) is 20.0. The zero-order chi connectivity index (χ0) is 17.7. The third-order valence-corrected chi connectivity index (χ3v) is 5.56. The Labute approximate surface area is 159 Å². The monoisotopic (exact) mass is 359 g/mol. The lowest BCUT2D eigenvalue weighted by atomic mass is 9.78. The Morgan fingerprint density at radius 2 is 1.60 bits per heavy atom. The summed E-state index contributed by atoms with van der Waals surface area (Å²) in [5.41, 5.74) is 0.828. The van der Waals surface area contributed by atoms with E-state index >= 15 is 0 Å². The number of isothiocyanates is 1. The number of rotatable bonds is 11. The number of aliphatic imine (C=N–C) groups is 1. The predicted octanol–water partition coefficient (Wildman–Crippen LogP) is 7.36. The molecule has 0 spiro atoms. The van der Waals surface area contributed by atoms with Gasteiger partial charge in [-0.3, -0.25) is 0 Å². The molecule has 1 saturated carbocycles. The van der Waals surface area contributed by atoms with Crippen molar-refractivity contribution in [2.24, 2.45) is 16.8 Å². The standard InChI is InChI=1S/C22H33NOS/c1-2-3-4-5-7-19-9-11-20(12-10-19)8-6-17-24-22-15-13-21(14-16-22)23-18-25/h13-16,19-20H,2-12,17H2,1H3/t19-,20-. The van der Waals surface area contributed by atoms with Gasteiger partial charge in [0, 0.05) is 0 Å². The van der Waals surface area contributed by atoms with Gasteiger partial charge in [0.15, 0.2) is 0 Å². The molecular formula is C22H33NOS. The molecule has 0 aliphatic heterocycles. The second-order valence-corrected chi connectivity index (χ2v) is 7.61. The van der Waals surface area contributed by atoms with Crippen molar-refractivity contribution in [3.8, 4) is 5.75 Å². The highest BCUT2D eigenvalue weighted by atomic mass is 32.1. The molecule has 0 bridgehead atoms. The topological polar surface area (TPSA) is 21.6 Å². The molecule has 3 heteroatoms. The van der Waals surface area contributed by atoms with Crippen LogP contribution in [0.1, 0.15) is 77.6 Å². The number of hydrogen-bond acceptors (Lipinski definition) is 3. The van der Waals surface area contributed by atoms with Crippen molar-refractivity contribution in [3.05, 3.63) is 24.3 Å². The maximum atomic E-state index is 5.84. The van der Waals surface area contributed by atoms with E-state index in [0.29, 0.717) is 0 Å².